The van der Waals surface area contributed by atoms with Crippen LogP contribution in [0.15, 0.2) is 71.6 Å². The van der Waals surface area contributed by atoms with Crippen LogP contribution >= 0.6 is 11.6 Å². The fraction of sp³-hybridized carbons (Fsp3) is 0.0500. The van der Waals surface area contributed by atoms with E-state index in [1.54, 1.807) is 18.2 Å². The molecule has 3 rings (SSSR count). The first-order valence-electron chi connectivity index (χ1n) is 8.20. The zero-order valence-electron chi connectivity index (χ0n) is 14.7. The molecule has 0 unspecified atom stereocenters. The van der Waals surface area contributed by atoms with Crippen LogP contribution in [0.4, 0.5) is 15.8 Å². The summed E-state index contributed by atoms with van der Waals surface area (Å²) < 4.78 is 40.8. The number of hydrogen-bond acceptors (Lipinski definition) is 3. The Morgan fingerprint density at radius 3 is 2.36 bits per heavy atom. The molecule has 0 aliphatic rings. The molecule has 3 aromatic carbocycles. The standard InChI is InChI=1S/C20H16ClFN2O3S/c1-13-3-2-4-16(11-13)24-28(26,27)17-9-10-19(21)18(12-17)20(25)23-15-7-5-14(22)6-8-15/h2-12,24H,1H3,(H,23,25). The van der Waals surface area contributed by atoms with Gasteiger partial charge in [0, 0.05) is 11.4 Å². The number of amides is 1. The first-order valence-corrected chi connectivity index (χ1v) is 10.1. The van der Waals surface area contributed by atoms with Crippen LogP contribution in [0.1, 0.15) is 15.9 Å². The molecule has 5 nitrogen and oxygen atoms in total. The molecule has 1 amide bonds. The molecule has 0 aromatic heterocycles. The van der Waals surface area contributed by atoms with Crippen LogP contribution in [0.5, 0.6) is 0 Å². The molecule has 0 heterocycles. The highest BCUT2D eigenvalue weighted by Crippen LogP contribution is 2.24. The lowest BCUT2D eigenvalue weighted by atomic mass is 10.2. The van der Waals surface area contributed by atoms with Gasteiger partial charge in [0.05, 0.1) is 15.5 Å². The summed E-state index contributed by atoms with van der Waals surface area (Å²) in [6, 6.07) is 15.9. The van der Waals surface area contributed by atoms with Crippen molar-refractivity contribution < 1.29 is 17.6 Å². The Kier molecular flexibility index (Phi) is 5.67. The van der Waals surface area contributed by atoms with Gasteiger partial charge in [-0.1, -0.05) is 23.7 Å². The quantitative estimate of drug-likeness (QED) is 0.622. The van der Waals surface area contributed by atoms with Gasteiger partial charge in [-0.2, -0.15) is 0 Å². The normalized spacial score (nSPS) is 11.1. The van der Waals surface area contributed by atoms with Crippen molar-refractivity contribution in [3.63, 3.8) is 0 Å². The first-order chi connectivity index (χ1) is 13.2. The minimum absolute atomic E-state index is 0.0156. The molecule has 144 valence electrons. The summed E-state index contributed by atoms with van der Waals surface area (Å²) in [5.41, 5.74) is 1.65. The second-order valence-corrected chi connectivity index (χ2v) is 8.17. The van der Waals surface area contributed by atoms with Crippen LogP contribution in [0.3, 0.4) is 0 Å². The lowest BCUT2D eigenvalue weighted by molar-refractivity contribution is 0.102. The van der Waals surface area contributed by atoms with Crippen molar-refractivity contribution in [2.75, 3.05) is 10.0 Å². The fourth-order valence-corrected chi connectivity index (χ4v) is 3.78. The predicted molar refractivity (Wildman–Crippen MR) is 108 cm³/mol. The maximum atomic E-state index is 13.0. The van der Waals surface area contributed by atoms with Crippen molar-refractivity contribution in [3.05, 3.63) is 88.7 Å². The van der Waals surface area contributed by atoms with Gasteiger partial charge in [-0.3, -0.25) is 9.52 Å². The minimum atomic E-state index is -3.92. The molecule has 28 heavy (non-hydrogen) atoms. The smallest absolute Gasteiger partial charge is 0.261 e. The molecular weight excluding hydrogens is 403 g/mol. The molecular formula is C20H16ClFN2O3S. The number of hydrogen-bond donors (Lipinski definition) is 2. The third kappa shape index (κ3) is 4.68. The predicted octanol–water partition coefficient (Wildman–Crippen LogP) is 4.84. The Labute approximate surface area is 167 Å². The van der Waals surface area contributed by atoms with E-state index in [0.29, 0.717) is 11.4 Å². The Hall–Kier alpha value is -2.90. The van der Waals surface area contributed by atoms with Crippen molar-refractivity contribution in [1.29, 1.82) is 0 Å². The molecule has 0 saturated heterocycles. The van der Waals surface area contributed by atoms with Gasteiger partial charge >= 0.3 is 0 Å². The Bertz CT molecular complexity index is 1130. The van der Waals surface area contributed by atoms with Crippen LogP contribution < -0.4 is 10.0 Å². The maximum Gasteiger partial charge on any atom is 0.261 e. The second-order valence-electron chi connectivity index (χ2n) is 6.08. The number of nitrogens with one attached hydrogen (secondary N) is 2. The number of benzene rings is 3. The van der Waals surface area contributed by atoms with E-state index in [9.17, 15) is 17.6 Å². The van der Waals surface area contributed by atoms with Gasteiger partial charge in [-0.05, 0) is 67.1 Å². The highest BCUT2D eigenvalue weighted by Gasteiger charge is 2.19. The third-order valence-electron chi connectivity index (χ3n) is 3.87. The third-order valence-corrected chi connectivity index (χ3v) is 5.57. The Morgan fingerprint density at radius 1 is 0.964 bits per heavy atom. The van der Waals surface area contributed by atoms with Gasteiger partial charge in [0.2, 0.25) is 0 Å². The van der Waals surface area contributed by atoms with Crippen molar-refractivity contribution in [2.45, 2.75) is 11.8 Å². The monoisotopic (exact) mass is 418 g/mol. The highest BCUT2D eigenvalue weighted by molar-refractivity contribution is 7.92. The molecule has 0 radical (unpaired) electrons. The van der Waals surface area contributed by atoms with Gasteiger partial charge in [0.15, 0.2) is 0 Å². The molecule has 0 aliphatic heterocycles. The van der Waals surface area contributed by atoms with Crippen molar-refractivity contribution >= 4 is 38.9 Å². The highest BCUT2D eigenvalue weighted by atomic mass is 35.5. The molecule has 0 fully saturated rings. The molecule has 0 spiro atoms. The zero-order valence-corrected chi connectivity index (χ0v) is 16.3. The summed E-state index contributed by atoms with van der Waals surface area (Å²) in [4.78, 5) is 12.4. The molecule has 3 aromatic rings. The summed E-state index contributed by atoms with van der Waals surface area (Å²) in [7, 11) is -3.92. The topological polar surface area (TPSA) is 75.3 Å². The zero-order chi connectivity index (χ0) is 20.3. The van der Waals surface area contributed by atoms with Crippen LogP contribution in [-0.4, -0.2) is 14.3 Å². The van der Waals surface area contributed by atoms with Crippen molar-refractivity contribution in [3.8, 4) is 0 Å². The number of carbonyl (C=O) groups excluding carboxylic acids is 1. The van der Waals surface area contributed by atoms with E-state index in [1.165, 1.54) is 42.5 Å². The van der Waals surface area contributed by atoms with E-state index in [2.05, 4.69) is 10.0 Å². The lowest BCUT2D eigenvalue weighted by Crippen LogP contribution is -2.16. The molecule has 0 saturated carbocycles. The van der Waals surface area contributed by atoms with E-state index >= 15 is 0 Å². The Morgan fingerprint density at radius 2 is 1.68 bits per heavy atom. The fourth-order valence-electron chi connectivity index (χ4n) is 2.50. The van der Waals surface area contributed by atoms with Gasteiger partial charge in [-0.15, -0.1) is 0 Å². The summed E-state index contributed by atoms with van der Waals surface area (Å²) in [6.07, 6.45) is 0. The van der Waals surface area contributed by atoms with Crippen LogP contribution in [0.2, 0.25) is 5.02 Å². The number of aryl methyl sites for hydroxylation is 1. The summed E-state index contributed by atoms with van der Waals surface area (Å²) in [6.45, 7) is 1.85. The lowest BCUT2D eigenvalue weighted by Gasteiger charge is -2.11. The summed E-state index contributed by atoms with van der Waals surface area (Å²) >= 11 is 6.08. The van der Waals surface area contributed by atoms with Crippen molar-refractivity contribution in [1.82, 2.24) is 0 Å². The average Bonchev–Trinajstić information content (AvgIpc) is 2.63. The number of halogens is 2. The summed E-state index contributed by atoms with van der Waals surface area (Å²) in [5, 5.41) is 2.65. The van der Waals surface area contributed by atoms with E-state index in [-0.39, 0.29) is 15.5 Å². The van der Waals surface area contributed by atoms with Crippen LogP contribution in [0.25, 0.3) is 0 Å². The first kappa shape index (κ1) is 19.9. The number of carbonyl (C=O) groups is 1. The Balaban J connectivity index is 1.87. The number of rotatable bonds is 5. The van der Waals surface area contributed by atoms with E-state index in [0.717, 1.165) is 5.56 Å². The van der Waals surface area contributed by atoms with E-state index in [1.807, 2.05) is 13.0 Å². The summed E-state index contributed by atoms with van der Waals surface area (Å²) in [5.74, 6) is -1.05. The molecule has 8 heteroatoms. The molecule has 0 bridgehead atoms. The largest absolute Gasteiger partial charge is 0.322 e. The van der Waals surface area contributed by atoms with Crippen molar-refractivity contribution in [2.24, 2.45) is 0 Å². The second kappa shape index (κ2) is 8.00. The number of anilines is 2. The minimum Gasteiger partial charge on any atom is -0.322 e. The van der Waals surface area contributed by atoms with Crippen LogP contribution in [-0.2, 0) is 10.0 Å². The van der Waals surface area contributed by atoms with Gasteiger partial charge in [0.25, 0.3) is 15.9 Å². The van der Waals surface area contributed by atoms with Gasteiger partial charge in [0.1, 0.15) is 5.82 Å². The SMILES string of the molecule is Cc1cccc(NS(=O)(=O)c2ccc(Cl)c(C(=O)Nc3ccc(F)cc3)c2)c1. The van der Waals surface area contributed by atoms with Crippen LogP contribution in [0, 0.1) is 12.7 Å². The number of sulfonamides is 1. The molecule has 0 atom stereocenters. The van der Waals surface area contributed by atoms with E-state index in [4.69, 9.17) is 11.6 Å². The van der Waals surface area contributed by atoms with Gasteiger partial charge < -0.3 is 5.32 Å². The average molecular weight is 419 g/mol. The molecule has 0 aliphatic carbocycles. The van der Waals surface area contributed by atoms with Gasteiger partial charge in [-0.25, -0.2) is 12.8 Å². The maximum absolute atomic E-state index is 13.0. The van der Waals surface area contributed by atoms with E-state index < -0.39 is 21.7 Å². The molecule has 2 N–H and O–H groups in total.